The first-order valence-corrected chi connectivity index (χ1v) is 26.4. The summed E-state index contributed by atoms with van der Waals surface area (Å²) in [6.45, 7) is 1.63. The van der Waals surface area contributed by atoms with Crippen molar-refractivity contribution in [3.8, 4) is 34.0 Å². The molecule has 4 aromatic carbocycles. The van der Waals surface area contributed by atoms with Crippen molar-refractivity contribution in [1.82, 2.24) is 19.8 Å². The number of para-hydroxylation sites is 2. The molecule has 15 heteroatoms. The highest BCUT2D eigenvalue weighted by Gasteiger charge is 2.43. The first kappa shape index (κ1) is 43.9. The molecule has 4 atom stereocenters. The van der Waals surface area contributed by atoms with Crippen LogP contribution in [0.5, 0.6) is 11.5 Å². The minimum Gasteiger partial charge on any atom is -0.491 e. The second-order valence-corrected chi connectivity index (χ2v) is 21.7. The number of sulfone groups is 2. The fourth-order valence-corrected chi connectivity index (χ4v) is 11.6. The predicted molar refractivity (Wildman–Crippen MR) is 244 cm³/mol. The molecule has 62 heavy (non-hydrogen) atoms. The lowest BCUT2D eigenvalue weighted by Gasteiger charge is -2.44. The van der Waals surface area contributed by atoms with Crippen LogP contribution in [-0.2, 0) is 24.5 Å². The van der Waals surface area contributed by atoms with Crippen molar-refractivity contribution in [2.45, 2.75) is 72.5 Å². The number of piperidine rings is 2. The summed E-state index contributed by atoms with van der Waals surface area (Å²) >= 11 is 3.11. The van der Waals surface area contributed by atoms with E-state index in [4.69, 9.17) is 19.4 Å². The van der Waals surface area contributed by atoms with Crippen molar-refractivity contribution in [2.75, 3.05) is 38.8 Å². The molecule has 2 aromatic heterocycles. The first-order chi connectivity index (χ1) is 29.9. The number of hydrogen-bond acceptors (Lipinski definition) is 13. The highest BCUT2D eigenvalue weighted by atomic mass is 32.2. The number of likely N-dealkylation sites (tertiary alicyclic amines) is 2. The zero-order chi connectivity index (χ0) is 43.3. The maximum Gasteiger partial charge on any atom is 0.175 e. The zero-order valence-electron chi connectivity index (χ0n) is 34.7. The number of thiazole rings is 2. The third-order valence-corrected chi connectivity index (χ3v) is 15.8. The van der Waals surface area contributed by atoms with Gasteiger partial charge in [-0.25, -0.2) is 26.8 Å². The second-order valence-electron chi connectivity index (χ2n) is 15.9. The Hall–Kier alpha value is -4.77. The van der Waals surface area contributed by atoms with Gasteiger partial charge in [-0.2, -0.15) is 0 Å². The summed E-state index contributed by atoms with van der Waals surface area (Å²) in [6, 6.07) is 31.2. The molecule has 0 bridgehead atoms. The maximum absolute atomic E-state index is 15.7. The van der Waals surface area contributed by atoms with Gasteiger partial charge < -0.3 is 9.47 Å². The van der Waals surface area contributed by atoms with Gasteiger partial charge in [-0.15, -0.1) is 22.7 Å². The molecule has 0 saturated carbocycles. The van der Waals surface area contributed by atoms with Crippen LogP contribution in [-0.4, -0.2) is 93.3 Å². The van der Waals surface area contributed by atoms with E-state index < -0.39 is 31.8 Å². The topological polar surface area (TPSA) is 136 Å². The van der Waals surface area contributed by atoms with Crippen LogP contribution in [0.3, 0.4) is 0 Å². The summed E-state index contributed by atoms with van der Waals surface area (Å²) in [5, 5.41) is 5.81. The average Bonchev–Trinajstić information content (AvgIpc) is 3.99. The van der Waals surface area contributed by atoms with E-state index in [0.717, 1.165) is 71.1 Å². The van der Waals surface area contributed by atoms with E-state index in [0.29, 0.717) is 24.6 Å². The van der Waals surface area contributed by atoms with E-state index in [-0.39, 0.29) is 40.9 Å². The van der Waals surface area contributed by atoms with Crippen molar-refractivity contribution in [3.05, 3.63) is 130 Å². The molecule has 8 rings (SSSR count). The summed E-state index contributed by atoms with van der Waals surface area (Å²) in [6.07, 6.45) is 7.84. The molecular formula is C47H50N4O7S4. The van der Waals surface area contributed by atoms with Crippen molar-refractivity contribution in [3.63, 3.8) is 0 Å². The third-order valence-electron chi connectivity index (χ3n) is 11.6. The van der Waals surface area contributed by atoms with Crippen LogP contribution in [0.2, 0.25) is 0 Å². The van der Waals surface area contributed by atoms with Crippen LogP contribution in [0.4, 0.5) is 0 Å². The van der Waals surface area contributed by atoms with Gasteiger partial charge in [0.1, 0.15) is 46.8 Å². The molecule has 0 radical (unpaired) electrons. The summed E-state index contributed by atoms with van der Waals surface area (Å²) in [4.78, 5) is 31.1. The number of hydrogen-bond donors (Lipinski definition) is 0. The number of ketones is 1. The number of benzene rings is 4. The predicted octanol–water partition coefficient (Wildman–Crippen LogP) is 8.96. The highest BCUT2D eigenvalue weighted by molar-refractivity contribution is 7.91. The molecule has 2 aliphatic heterocycles. The largest absolute Gasteiger partial charge is 0.491 e. The van der Waals surface area contributed by atoms with Gasteiger partial charge in [0.25, 0.3) is 0 Å². The van der Waals surface area contributed by atoms with Gasteiger partial charge in [0.15, 0.2) is 25.5 Å². The number of carbonyl (C=O) groups is 1. The average molecular weight is 911 g/mol. The van der Waals surface area contributed by atoms with E-state index >= 15 is 4.79 Å². The zero-order valence-corrected chi connectivity index (χ0v) is 38.0. The van der Waals surface area contributed by atoms with Gasteiger partial charge in [-0.1, -0.05) is 73.5 Å². The molecule has 2 fully saturated rings. The molecule has 0 N–H and O–H groups in total. The van der Waals surface area contributed by atoms with Gasteiger partial charge in [0, 0.05) is 34.4 Å². The molecule has 0 spiro atoms. The lowest BCUT2D eigenvalue weighted by molar-refractivity contribution is -0.136. The van der Waals surface area contributed by atoms with E-state index in [1.54, 1.807) is 71.2 Å². The SMILES string of the molecule is CS(=O)(=O)c1ccc(-c2csc([C@H]3CCCCN3C(COc3ccccc3)C(=O)C(COc3ccccc3)N3CCCC[C@@H]3c3nc(-c4ccc(S(C)(=O)=O)cc4)cs3)n2)cc1. The molecule has 2 aliphatic rings. The molecule has 324 valence electrons. The number of carbonyl (C=O) groups excluding carboxylic acids is 1. The van der Waals surface area contributed by atoms with Crippen molar-refractivity contribution in [1.29, 1.82) is 0 Å². The quantitative estimate of drug-likeness (QED) is 0.0921. The highest BCUT2D eigenvalue weighted by Crippen LogP contribution is 2.40. The molecule has 0 amide bonds. The molecular weight excluding hydrogens is 861 g/mol. The standard InChI is InChI=1S/C47H50N4O7S4/c1-61(53,54)37-23-19-33(20-24-37)39-31-59-46(48-39)41-17-9-11-27-50(41)43(29-57-35-13-5-3-6-14-35)45(52)44(30-58-36-15-7-4-8-16-36)51-28-12-10-18-42(51)47-49-40(32-60-47)34-21-25-38(26-22-34)62(2,55)56/h3-8,13-16,19-26,31-32,41-44H,9-12,17-18,27-30H2,1-2H3/t41-,42-,43?,44?/m1/s1. The van der Waals surface area contributed by atoms with Crippen LogP contribution in [0.1, 0.15) is 60.6 Å². The molecule has 0 aliphatic carbocycles. The minimum absolute atomic E-state index is 0.0111. The Labute approximate surface area is 372 Å². The van der Waals surface area contributed by atoms with Crippen LogP contribution >= 0.6 is 22.7 Å². The monoisotopic (exact) mass is 910 g/mol. The fourth-order valence-electron chi connectivity index (χ4n) is 8.36. The number of rotatable bonds is 16. The minimum atomic E-state index is -3.34. The van der Waals surface area contributed by atoms with E-state index in [1.165, 1.54) is 12.5 Å². The molecule has 6 aromatic rings. The number of Topliss-reactive ketones (excluding diaryl/α,β-unsaturated/α-hetero) is 1. The summed E-state index contributed by atoms with van der Waals surface area (Å²) in [7, 11) is -6.67. The van der Waals surface area contributed by atoms with Crippen LogP contribution < -0.4 is 9.47 Å². The van der Waals surface area contributed by atoms with E-state index in [9.17, 15) is 16.8 Å². The van der Waals surface area contributed by atoms with Gasteiger partial charge in [-0.05, 0) is 87.3 Å². The van der Waals surface area contributed by atoms with Crippen molar-refractivity contribution >= 4 is 48.1 Å². The Bertz CT molecular complexity index is 2470. The normalized spacial score (nSPS) is 18.8. The van der Waals surface area contributed by atoms with Crippen molar-refractivity contribution in [2.24, 2.45) is 0 Å². The Morgan fingerprint density at radius 3 is 1.35 bits per heavy atom. The number of nitrogens with zero attached hydrogens (tertiary/aromatic N) is 4. The molecule has 4 heterocycles. The smallest absolute Gasteiger partial charge is 0.175 e. The van der Waals surface area contributed by atoms with Crippen LogP contribution in [0.15, 0.2) is 130 Å². The summed E-state index contributed by atoms with van der Waals surface area (Å²) < 4.78 is 61.6. The molecule has 11 nitrogen and oxygen atoms in total. The third kappa shape index (κ3) is 10.4. The van der Waals surface area contributed by atoms with E-state index in [2.05, 4.69) is 9.80 Å². The van der Waals surface area contributed by atoms with Crippen molar-refractivity contribution < 1.29 is 31.1 Å². The second kappa shape index (κ2) is 19.3. The number of ether oxygens (including phenoxy) is 2. The van der Waals surface area contributed by atoms with Gasteiger partial charge in [0.05, 0.1) is 33.3 Å². The lowest BCUT2D eigenvalue weighted by atomic mass is 9.93. The Morgan fingerprint density at radius 2 is 0.984 bits per heavy atom. The Kier molecular flexibility index (Phi) is 13.7. The van der Waals surface area contributed by atoms with Crippen LogP contribution in [0, 0.1) is 0 Å². The van der Waals surface area contributed by atoms with Gasteiger partial charge >= 0.3 is 0 Å². The number of aromatic nitrogens is 2. The van der Waals surface area contributed by atoms with Gasteiger partial charge in [-0.3, -0.25) is 14.6 Å². The van der Waals surface area contributed by atoms with Gasteiger partial charge in [0.2, 0.25) is 0 Å². The molecule has 2 unspecified atom stereocenters. The lowest BCUT2D eigenvalue weighted by Crippen LogP contribution is -2.58. The Morgan fingerprint density at radius 1 is 0.597 bits per heavy atom. The summed E-state index contributed by atoms with van der Waals surface area (Å²) in [5.41, 5.74) is 3.18. The van der Waals surface area contributed by atoms with Crippen LogP contribution in [0.25, 0.3) is 22.5 Å². The Balaban J connectivity index is 1.13. The fraction of sp³-hybridized carbons (Fsp3) is 0.340. The first-order valence-electron chi connectivity index (χ1n) is 20.8. The maximum atomic E-state index is 15.7. The summed E-state index contributed by atoms with van der Waals surface area (Å²) in [5.74, 6) is 1.37. The molecule has 2 saturated heterocycles. The van der Waals surface area contributed by atoms with E-state index in [1.807, 2.05) is 71.4 Å².